The number of hydrogen-bond acceptors (Lipinski definition) is 4. The lowest BCUT2D eigenvalue weighted by Crippen LogP contribution is -1.77. The molecule has 3 nitrogen and oxygen atoms in total. The molecule has 0 unspecified atom stereocenters. The zero-order valence-electron chi connectivity index (χ0n) is 7.95. The van der Waals surface area contributed by atoms with Crippen LogP contribution in [-0.2, 0) is 0 Å². The second-order valence-corrected chi connectivity index (χ2v) is 3.51. The molecule has 0 N–H and O–H groups in total. The predicted octanol–water partition coefficient (Wildman–Crippen LogP) is 2.77. The topological polar surface area (TPSA) is 38.7 Å². The Balaban J connectivity index is 0.000000144. The van der Waals surface area contributed by atoms with Gasteiger partial charge in [-0.05, 0) is 6.07 Å². The molecule has 15 heavy (non-hydrogen) atoms. The van der Waals surface area contributed by atoms with Gasteiger partial charge in [-0.15, -0.1) is 11.3 Å². The number of aromatic nitrogens is 3. The van der Waals surface area contributed by atoms with Crippen LogP contribution in [0.1, 0.15) is 0 Å². The van der Waals surface area contributed by atoms with Gasteiger partial charge in [0.15, 0.2) is 0 Å². The van der Waals surface area contributed by atoms with Gasteiger partial charge in [0, 0.05) is 23.2 Å². The highest BCUT2D eigenvalue weighted by Gasteiger charge is 1.87. The molecule has 0 aliphatic heterocycles. The van der Waals surface area contributed by atoms with E-state index < -0.39 is 0 Å². The molecule has 0 radical (unpaired) electrons. The molecule has 0 bridgehead atoms. The highest BCUT2D eigenvalue weighted by atomic mass is 32.1. The molecule has 3 aromatic rings. The Bertz CT molecular complexity index is 425. The van der Waals surface area contributed by atoms with Gasteiger partial charge in [0.25, 0.3) is 0 Å². The van der Waals surface area contributed by atoms with Crippen molar-refractivity contribution in [2.75, 3.05) is 0 Å². The van der Waals surface area contributed by atoms with Crippen LogP contribution in [0.25, 0.3) is 10.9 Å². The average molecular weight is 215 g/mol. The van der Waals surface area contributed by atoms with Crippen LogP contribution >= 0.6 is 11.3 Å². The van der Waals surface area contributed by atoms with Crippen LogP contribution in [0.3, 0.4) is 0 Å². The smallest absolute Gasteiger partial charge is 0.116 e. The molecule has 0 aliphatic rings. The van der Waals surface area contributed by atoms with Gasteiger partial charge in [0.1, 0.15) is 6.33 Å². The molecule has 3 rings (SSSR count). The summed E-state index contributed by atoms with van der Waals surface area (Å²) in [7, 11) is 0. The molecule has 2 aromatic heterocycles. The van der Waals surface area contributed by atoms with Crippen LogP contribution in [0, 0.1) is 0 Å². The van der Waals surface area contributed by atoms with Crippen LogP contribution in [0.15, 0.2) is 53.9 Å². The van der Waals surface area contributed by atoms with E-state index in [-0.39, 0.29) is 0 Å². The minimum Gasteiger partial charge on any atom is -0.253 e. The van der Waals surface area contributed by atoms with Crippen LogP contribution in [0.5, 0.6) is 0 Å². The Hall–Kier alpha value is -1.81. The van der Waals surface area contributed by atoms with Crippen molar-refractivity contribution in [3.8, 4) is 0 Å². The molecule has 0 atom stereocenters. The zero-order valence-corrected chi connectivity index (χ0v) is 8.76. The summed E-state index contributed by atoms with van der Waals surface area (Å²) in [6.07, 6.45) is 5.13. The Morgan fingerprint density at radius 3 is 2.67 bits per heavy atom. The number of hydrogen-bond donors (Lipinski definition) is 0. The summed E-state index contributed by atoms with van der Waals surface area (Å²) in [6.45, 7) is 0. The number of para-hydroxylation sites is 1. The minimum absolute atomic E-state index is 0.998. The van der Waals surface area contributed by atoms with E-state index in [0.29, 0.717) is 0 Å². The van der Waals surface area contributed by atoms with E-state index >= 15 is 0 Å². The van der Waals surface area contributed by atoms with E-state index in [4.69, 9.17) is 0 Å². The summed E-state index contributed by atoms with van der Waals surface area (Å²) >= 11 is 1.60. The summed E-state index contributed by atoms with van der Waals surface area (Å²) in [4.78, 5) is 11.7. The highest BCUT2D eigenvalue weighted by molar-refractivity contribution is 7.07. The lowest BCUT2D eigenvalue weighted by molar-refractivity contribution is 1.22. The summed E-state index contributed by atoms with van der Waals surface area (Å²) in [6, 6.07) is 7.91. The quantitative estimate of drug-likeness (QED) is 0.578. The molecule has 0 spiro atoms. The third-order valence-corrected chi connectivity index (χ3v) is 2.28. The number of fused-ring (bicyclic) bond motifs is 1. The molecule has 0 fully saturated rings. The fraction of sp³-hybridized carbons (Fsp3) is 0. The van der Waals surface area contributed by atoms with Crippen molar-refractivity contribution in [2.45, 2.75) is 0 Å². The lowest BCUT2D eigenvalue weighted by Gasteiger charge is -1.90. The van der Waals surface area contributed by atoms with Crippen molar-refractivity contribution in [3.63, 3.8) is 0 Å². The maximum atomic E-state index is 4.07. The van der Waals surface area contributed by atoms with Crippen molar-refractivity contribution in [1.29, 1.82) is 0 Å². The molecular weight excluding hydrogens is 206 g/mol. The molecule has 0 saturated heterocycles. The largest absolute Gasteiger partial charge is 0.253 e. The maximum Gasteiger partial charge on any atom is 0.116 e. The van der Waals surface area contributed by atoms with Gasteiger partial charge in [-0.1, -0.05) is 18.2 Å². The van der Waals surface area contributed by atoms with Crippen molar-refractivity contribution in [2.24, 2.45) is 0 Å². The van der Waals surface area contributed by atoms with Gasteiger partial charge >= 0.3 is 0 Å². The second-order valence-electron chi connectivity index (χ2n) is 2.76. The molecule has 0 amide bonds. The van der Waals surface area contributed by atoms with E-state index in [1.807, 2.05) is 35.8 Å². The van der Waals surface area contributed by atoms with Gasteiger partial charge in [0.2, 0.25) is 0 Å². The second kappa shape index (κ2) is 5.17. The average Bonchev–Trinajstić information content (AvgIpc) is 2.88. The first-order valence-electron chi connectivity index (χ1n) is 4.44. The monoisotopic (exact) mass is 215 g/mol. The first-order valence-corrected chi connectivity index (χ1v) is 5.38. The van der Waals surface area contributed by atoms with Gasteiger partial charge in [0.05, 0.1) is 11.0 Å². The Morgan fingerprint density at radius 2 is 2.00 bits per heavy atom. The molecule has 2 heterocycles. The molecular formula is C11H9N3S. The van der Waals surface area contributed by atoms with Crippen molar-refractivity contribution >= 4 is 22.2 Å². The summed E-state index contributed by atoms with van der Waals surface area (Å²) < 4.78 is 0. The van der Waals surface area contributed by atoms with E-state index in [1.165, 1.54) is 0 Å². The standard InChI is InChI=1S/C8H6N2.C3H3NS/c1-2-4-8-7(3-1)5-9-6-10-8;1-2-5-3-4-1/h1-6H;1-3H. The Morgan fingerprint density at radius 1 is 1.07 bits per heavy atom. The minimum atomic E-state index is 0.998. The van der Waals surface area contributed by atoms with Crippen molar-refractivity contribution < 1.29 is 0 Å². The third kappa shape index (κ3) is 2.82. The molecule has 74 valence electrons. The first kappa shape index (κ1) is 9.73. The number of nitrogens with zero attached hydrogens (tertiary/aromatic N) is 3. The number of thiazole rings is 1. The molecule has 0 aliphatic carbocycles. The number of rotatable bonds is 0. The predicted molar refractivity (Wildman–Crippen MR) is 61.7 cm³/mol. The fourth-order valence-electron chi connectivity index (χ4n) is 1.10. The van der Waals surface area contributed by atoms with Gasteiger partial charge < -0.3 is 0 Å². The van der Waals surface area contributed by atoms with Crippen LogP contribution < -0.4 is 0 Å². The summed E-state index contributed by atoms with van der Waals surface area (Å²) in [5.74, 6) is 0. The van der Waals surface area contributed by atoms with Crippen LogP contribution in [-0.4, -0.2) is 15.0 Å². The first-order chi connectivity index (χ1) is 7.47. The van der Waals surface area contributed by atoms with Crippen molar-refractivity contribution in [3.05, 3.63) is 53.9 Å². The van der Waals surface area contributed by atoms with Crippen molar-refractivity contribution in [1.82, 2.24) is 15.0 Å². The molecule has 4 heteroatoms. The highest BCUT2D eigenvalue weighted by Crippen LogP contribution is 2.06. The number of benzene rings is 1. The lowest BCUT2D eigenvalue weighted by atomic mass is 10.2. The molecule has 0 saturated carbocycles. The zero-order chi connectivity index (χ0) is 10.3. The summed E-state index contributed by atoms with van der Waals surface area (Å²) in [5, 5.41) is 3.02. The van der Waals surface area contributed by atoms with Crippen LogP contribution in [0.2, 0.25) is 0 Å². The van der Waals surface area contributed by atoms with E-state index in [9.17, 15) is 0 Å². The van der Waals surface area contributed by atoms with E-state index in [0.717, 1.165) is 10.9 Å². The van der Waals surface area contributed by atoms with Crippen LogP contribution in [0.4, 0.5) is 0 Å². The Labute approximate surface area is 91.5 Å². The third-order valence-electron chi connectivity index (χ3n) is 1.76. The fourth-order valence-corrected chi connectivity index (χ4v) is 1.45. The van der Waals surface area contributed by atoms with Gasteiger partial charge in [-0.2, -0.15) is 0 Å². The van der Waals surface area contributed by atoms with Gasteiger partial charge in [-0.3, -0.25) is 4.98 Å². The normalized spacial score (nSPS) is 9.33. The molecule has 1 aromatic carbocycles. The van der Waals surface area contributed by atoms with E-state index in [1.54, 1.807) is 29.4 Å². The maximum absolute atomic E-state index is 4.07. The Kier molecular flexibility index (Phi) is 3.35. The van der Waals surface area contributed by atoms with Gasteiger partial charge in [-0.25, -0.2) is 9.97 Å². The summed E-state index contributed by atoms with van der Waals surface area (Å²) in [5.41, 5.74) is 2.79. The van der Waals surface area contributed by atoms with E-state index in [2.05, 4.69) is 15.0 Å². The SMILES string of the molecule is c1ccc2ncncc2c1.c1cscn1.